The third-order valence-electron chi connectivity index (χ3n) is 4.43. The van der Waals surface area contributed by atoms with Crippen LogP contribution in [-0.2, 0) is 6.42 Å². The van der Waals surface area contributed by atoms with Crippen LogP contribution >= 0.6 is 0 Å². The molecule has 1 aliphatic carbocycles. The van der Waals surface area contributed by atoms with Gasteiger partial charge in [0.15, 0.2) is 0 Å². The van der Waals surface area contributed by atoms with Crippen molar-refractivity contribution < 1.29 is 14.3 Å². The zero-order valence-electron chi connectivity index (χ0n) is 13.0. The number of aliphatic hydroxyl groups is 1. The first-order valence-electron chi connectivity index (χ1n) is 7.92. The van der Waals surface area contributed by atoms with E-state index >= 15 is 0 Å². The molecule has 0 fully saturated rings. The maximum Gasteiger partial charge on any atom is 0.251 e. The molecule has 120 valence electrons. The molecule has 0 saturated carbocycles. The molecule has 4 rings (SSSR count). The van der Waals surface area contributed by atoms with Gasteiger partial charge in [-0.05, 0) is 52.9 Å². The number of benzene rings is 2. The summed E-state index contributed by atoms with van der Waals surface area (Å²) in [5.41, 5.74) is 5.46. The highest BCUT2D eigenvalue weighted by atomic mass is 16.3. The van der Waals surface area contributed by atoms with E-state index in [0.717, 1.165) is 12.0 Å². The predicted molar refractivity (Wildman–Crippen MR) is 90.7 cm³/mol. The lowest BCUT2D eigenvalue weighted by molar-refractivity contribution is 0.0907. The molecular weight excluding hydrogens is 302 g/mol. The van der Waals surface area contributed by atoms with Crippen molar-refractivity contribution in [3.05, 3.63) is 83.3 Å². The zero-order chi connectivity index (χ0) is 16.5. The molecule has 4 nitrogen and oxygen atoms in total. The highest BCUT2D eigenvalue weighted by Gasteiger charge is 2.21. The van der Waals surface area contributed by atoms with Gasteiger partial charge in [0.05, 0.1) is 12.9 Å². The van der Waals surface area contributed by atoms with Crippen LogP contribution in [-0.4, -0.2) is 17.6 Å². The van der Waals surface area contributed by atoms with Gasteiger partial charge in [-0.25, -0.2) is 0 Å². The fourth-order valence-corrected chi connectivity index (χ4v) is 3.22. The van der Waals surface area contributed by atoms with Crippen LogP contribution in [0.1, 0.15) is 33.3 Å². The standard InChI is InChI=1S/C20H17NO3/c22-12-18(19-6-3-9-24-19)21-20(23)14-7-8-17-15(11-14)10-13-4-1-2-5-16(13)17/h1-9,11,18,22H,10,12H2,(H,21,23). The van der Waals surface area contributed by atoms with Gasteiger partial charge in [0.1, 0.15) is 11.8 Å². The van der Waals surface area contributed by atoms with E-state index in [4.69, 9.17) is 4.42 Å². The lowest BCUT2D eigenvalue weighted by Crippen LogP contribution is -2.30. The summed E-state index contributed by atoms with van der Waals surface area (Å²) in [6, 6.07) is 17.0. The number of rotatable bonds is 4. The van der Waals surface area contributed by atoms with Crippen molar-refractivity contribution in [3.8, 4) is 11.1 Å². The van der Waals surface area contributed by atoms with Gasteiger partial charge >= 0.3 is 0 Å². The fraction of sp³-hybridized carbons (Fsp3) is 0.150. The Hall–Kier alpha value is -2.85. The summed E-state index contributed by atoms with van der Waals surface area (Å²) >= 11 is 0. The minimum Gasteiger partial charge on any atom is -0.467 e. The minimum absolute atomic E-state index is 0.213. The Morgan fingerprint density at radius 2 is 1.92 bits per heavy atom. The Morgan fingerprint density at radius 1 is 1.08 bits per heavy atom. The Labute approximate surface area is 139 Å². The van der Waals surface area contributed by atoms with Crippen LogP contribution in [0.15, 0.2) is 65.3 Å². The molecule has 0 radical (unpaired) electrons. The average Bonchev–Trinajstić information content (AvgIpc) is 3.26. The Kier molecular flexibility index (Phi) is 3.67. The molecule has 0 bridgehead atoms. The first kappa shape index (κ1) is 14.7. The van der Waals surface area contributed by atoms with E-state index in [1.165, 1.54) is 23.0 Å². The lowest BCUT2D eigenvalue weighted by Gasteiger charge is -2.14. The maximum absolute atomic E-state index is 12.5. The van der Waals surface area contributed by atoms with Gasteiger partial charge in [0, 0.05) is 5.56 Å². The summed E-state index contributed by atoms with van der Waals surface area (Å²) in [6.07, 6.45) is 2.37. The molecule has 1 heterocycles. The first-order valence-corrected chi connectivity index (χ1v) is 7.92. The Balaban J connectivity index is 1.57. The quantitative estimate of drug-likeness (QED) is 0.606. The van der Waals surface area contributed by atoms with Crippen LogP contribution in [0.2, 0.25) is 0 Å². The summed E-state index contributed by atoms with van der Waals surface area (Å²) in [5.74, 6) is 0.323. The molecule has 3 aromatic rings. The van der Waals surface area contributed by atoms with Crippen molar-refractivity contribution in [3.63, 3.8) is 0 Å². The monoisotopic (exact) mass is 319 g/mol. The smallest absolute Gasteiger partial charge is 0.251 e. The highest BCUT2D eigenvalue weighted by molar-refractivity contribution is 5.96. The van der Waals surface area contributed by atoms with Crippen LogP contribution in [0.5, 0.6) is 0 Å². The largest absolute Gasteiger partial charge is 0.467 e. The van der Waals surface area contributed by atoms with Gasteiger partial charge in [0.2, 0.25) is 0 Å². The summed E-state index contributed by atoms with van der Waals surface area (Å²) in [6.45, 7) is -0.213. The van der Waals surface area contributed by atoms with E-state index in [-0.39, 0.29) is 12.5 Å². The second kappa shape index (κ2) is 5.98. The number of furan rings is 1. The number of hydrogen-bond donors (Lipinski definition) is 2. The minimum atomic E-state index is -0.544. The van der Waals surface area contributed by atoms with E-state index in [1.54, 1.807) is 12.1 Å². The average molecular weight is 319 g/mol. The molecule has 0 spiro atoms. The SMILES string of the molecule is O=C(NC(CO)c1ccco1)c1ccc2c(c1)Cc1ccccc1-2. The fourth-order valence-electron chi connectivity index (χ4n) is 3.22. The summed E-state index contributed by atoms with van der Waals surface area (Å²) in [5, 5.41) is 12.3. The van der Waals surface area contributed by atoms with Gasteiger partial charge in [0.25, 0.3) is 5.91 Å². The van der Waals surface area contributed by atoms with Gasteiger partial charge in [-0.1, -0.05) is 30.3 Å². The molecule has 24 heavy (non-hydrogen) atoms. The highest BCUT2D eigenvalue weighted by Crippen LogP contribution is 2.36. The zero-order valence-corrected chi connectivity index (χ0v) is 13.0. The predicted octanol–water partition coefficient (Wildman–Crippen LogP) is 3.31. The Morgan fingerprint density at radius 3 is 2.71 bits per heavy atom. The topological polar surface area (TPSA) is 62.5 Å². The van der Waals surface area contributed by atoms with Crippen molar-refractivity contribution >= 4 is 5.91 Å². The third kappa shape index (κ3) is 2.51. The van der Waals surface area contributed by atoms with Crippen molar-refractivity contribution in [1.29, 1.82) is 0 Å². The van der Waals surface area contributed by atoms with Crippen molar-refractivity contribution in [2.75, 3.05) is 6.61 Å². The molecule has 1 unspecified atom stereocenters. The van der Waals surface area contributed by atoms with Gasteiger partial charge in [-0.2, -0.15) is 0 Å². The van der Waals surface area contributed by atoms with Crippen LogP contribution in [0, 0.1) is 0 Å². The van der Waals surface area contributed by atoms with Crippen LogP contribution in [0.3, 0.4) is 0 Å². The molecule has 1 amide bonds. The van der Waals surface area contributed by atoms with Crippen molar-refractivity contribution in [2.24, 2.45) is 0 Å². The van der Waals surface area contributed by atoms with E-state index in [1.807, 2.05) is 30.3 Å². The van der Waals surface area contributed by atoms with Crippen LogP contribution in [0.4, 0.5) is 0 Å². The second-order valence-corrected chi connectivity index (χ2v) is 5.93. The number of nitrogens with one attached hydrogen (secondary N) is 1. The molecule has 1 aromatic heterocycles. The molecule has 1 aliphatic rings. The number of carbonyl (C=O) groups is 1. The number of amides is 1. The summed E-state index contributed by atoms with van der Waals surface area (Å²) in [7, 11) is 0. The molecule has 4 heteroatoms. The van der Waals surface area contributed by atoms with E-state index in [2.05, 4.69) is 17.4 Å². The van der Waals surface area contributed by atoms with Gasteiger partial charge in [-0.15, -0.1) is 0 Å². The van der Waals surface area contributed by atoms with Crippen molar-refractivity contribution in [1.82, 2.24) is 5.32 Å². The molecular formula is C20H17NO3. The number of hydrogen-bond acceptors (Lipinski definition) is 3. The second-order valence-electron chi connectivity index (χ2n) is 5.93. The molecule has 0 saturated heterocycles. The number of carbonyl (C=O) groups excluding carboxylic acids is 1. The summed E-state index contributed by atoms with van der Waals surface area (Å²) < 4.78 is 5.26. The number of aliphatic hydroxyl groups excluding tert-OH is 1. The van der Waals surface area contributed by atoms with E-state index < -0.39 is 6.04 Å². The lowest BCUT2D eigenvalue weighted by atomic mass is 10.0. The summed E-state index contributed by atoms with van der Waals surface area (Å²) in [4.78, 5) is 12.5. The van der Waals surface area contributed by atoms with Crippen molar-refractivity contribution in [2.45, 2.75) is 12.5 Å². The maximum atomic E-state index is 12.5. The van der Waals surface area contributed by atoms with Crippen LogP contribution < -0.4 is 5.32 Å². The van der Waals surface area contributed by atoms with E-state index in [9.17, 15) is 9.90 Å². The first-order chi connectivity index (χ1) is 11.8. The van der Waals surface area contributed by atoms with E-state index in [0.29, 0.717) is 11.3 Å². The Bertz CT molecular complexity index is 884. The molecule has 2 N–H and O–H groups in total. The number of fused-ring (bicyclic) bond motifs is 3. The normalized spacial score (nSPS) is 13.2. The van der Waals surface area contributed by atoms with Gasteiger partial charge < -0.3 is 14.8 Å². The molecule has 2 aromatic carbocycles. The molecule has 1 atom stereocenters. The third-order valence-corrected chi connectivity index (χ3v) is 4.43. The van der Waals surface area contributed by atoms with Crippen LogP contribution in [0.25, 0.3) is 11.1 Å². The van der Waals surface area contributed by atoms with Gasteiger partial charge in [-0.3, -0.25) is 4.79 Å². The molecule has 0 aliphatic heterocycles.